The molecule has 4 aromatic rings. The molecule has 3 aromatic carbocycles. The Morgan fingerprint density at radius 2 is 1.79 bits per heavy atom. The van der Waals surface area contributed by atoms with Crippen molar-refractivity contribution in [2.24, 2.45) is 15.2 Å². The van der Waals surface area contributed by atoms with Gasteiger partial charge in [0.25, 0.3) is 0 Å². The summed E-state index contributed by atoms with van der Waals surface area (Å²) >= 11 is 0. The normalized spacial score (nSPS) is 11.0. The van der Waals surface area contributed by atoms with E-state index in [1.165, 1.54) is 0 Å². The summed E-state index contributed by atoms with van der Waals surface area (Å²) in [6.07, 6.45) is 0. The van der Waals surface area contributed by atoms with Crippen LogP contribution in [-0.4, -0.2) is 29.3 Å². The number of nitrogens with one attached hydrogen (secondary N) is 1. The smallest absolute Gasteiger partial charge is 0.338 e. The molecule has 1 heterocycles. The van der Waals surface area contributed by atoms with Crippen LogP contribution < -0.4 is 11.1 Å². The summed E-state index contributed by atoms with van der Waals surface area (Å²) in [5.41, 5.74) is 8.09. The number of aromatic nitrogens is 2. The van der Waals surface area contributed by atoms with Crippen LogP contribution in [0.2, 0.25) is 0 Å². The topological polar surface area (TPSA) is 127 Å². The van der Waals surface area contributed by atoms with E-state index in [-0.39, 0.29) is 23.4 Å². The first-order valence-corrected chi connectivity index (χ1v) is 10.6. The van der Waals surface area contributed by atoms with Gasteiger partial charge in [-0.2, -0.15) is 5.11 Å². The highest BCUT2D eigenvalue weighted by Gasteiger charge is 2.13. The molecule has 9 heteroatoms. The van der Waals surface area contributed by atoms with Crippen LogP contribution in [0.3, 0.4) is 0 Å². The van der Waals surface area contributed by atoms with Gasteiger partial charge >= 0.3 is 5.97 Å². The lowest BCUT2D eigenvalue weighted by atomic mass is 10.1. The molecule has 0 bridgehead atoms. The largest absolute Gasteiger partial charge is 0.462 e. The number of rotatable bonds is 8. The van der Waals surface area contributed by atoms with Crippen LogP contribution in [0.5, 0.6) is 0 Å². The first-order chi connectivity index (χ1) is 16.6. The number of hydrogen-bond donors (Lipinski definition) is 2. The molecule has 4 rings (SSSR count). The van der Waals surface area contributed by atoms with Crippen LogP contribution in [-0.2, 0) is 11.3 Å². The zero-order valence-electron chi connectivity index (χ0n) is 18.6. The molecule has 0 saturated carbocycles. The van der Waals surface area contributed by atoms with Crippen molar-refractivity contribution in [1.82, 2.24) is 9.97 Å². The number of azo groups is 1. The summed E-state index contributed by atoms with van der Waals surface area (Å²) in [7, 11) is 0. The predicted octanol–water partition coefficient (Wildman–Crippen LogP) is 5.75. The monoisotopic (exact) mass is 453 g/mol. The Bertz CT molecular complexity index is 1360. The van der Waals surface area contributed by atoms with Gasteiger partial charge < -0.3 is 15.8 Å². The molecule has 0 saturated heterocycles. The highest BCUT2D eigenvalue weighted by molar-refractivity contribution is 5.90. The van der Waals surface area contributed by atoms with Gasteiger partial charge in [0.2, 0.25) is 5.82 Å². The molecule has 0 atom stereocenters. The van der Waals surface area contributed by atoms with Crippen molar-refractivity contribution in [3.63, 3.8) is 0 Å². The Balaban J connectivity index is 1.59. The lowest BCUT2D eigenvalue weighted by molar-refractivity contribution is 0.0526. The Morgan fingerprint density at radius 1 is 1.03 bits per heavy atom. The highest BCUT2D eigenvalue weighted by Crippen LogP contribution is 2.30. The van der Waals surface area contributed by atoms with Crippen molar-refractivity contribution in [3.05, 3.63) is 77.9 Å². The Labute approximate surface area is 196 Å². The van der Waals surface area contributed by atoms with E-state index in [2.05, 4.69) is 55.4 Å². The standard InChI is InChI=1S/C25H23N7O2/c1-3-34-25(33)17-11-13-19(14-12-17)29-23-24(31-22(27-2)21(26)30-23)32-28-15-18-9-6-8-16-7-4-5-10-20(16)18/h4-14H,2-3,15H2,1H3,(H3,26,29,30). The molecule has 0 radical (unpaired) electrons. The summed E-state index contributed by atoms with van der Waals surface area (Å²) in [4.78, 5) is 24.3. The van der Waals surface area contributed by atoms with Gasteiger partial charge in [-0.15, -0.1) is 5.11 Å². The van der Waals surface area contributed by atoms with Crippen molar-refractivity contribution in [3.8, 4) is 0 Å². The number of carbonyl (C=O) groups is 1. The van der Waals surface area contributed by atoms with Crippen molar-refractivity contribution < 1.29 is 9.53 Å². The lowest BCUT2D eigenvalue weighted by Gasteiger charge is -2.10. The third-order valence-corrected chi connectivity index (χ3v) is 4.98. The van der Waals surface area contributed by atoms with Gasteiger partial charge in [-0.3, -0.25) is 0 Å². The van der Waals surface area contributed by atoms with Gasteiger partial charge in [-0.05, 0) is 54.2 Å². The molecule has 0 spiro atoms. The van der Waals surface area contributed by atoms with Crippen LogP contribution in [0.15, 0.2) is 82.0 Å². The summed E-state index contributed by atoms with van der Waals surface area (Å²) < 4.78 is 5.01. The van der Waals surface area contributed by atoms with Crippen LogP contribution in [0, 0.1) is 0 Å². The second-order valence-electron chi connectivity index (χ2n) is 7.22. The van der Waals surface area contributed by atoms with Crippen LogP contribution >= 0.6 is 0 Å². The molecule has 9 nitrogen and oxygen atoms in total. The number of benzene rings is 3. The van der Waals surface area contributed by atoms with E-state index in [9.17, 15) is 4.79 Å². The average Bonchev–Trinajstić information content (AvgIpc) is 2.86. The predicted molar refractivity (Wildman–Crippen MR) is 134 cm³/mol. The number of fused-ring (bicyclic) bond motifs is 1. The van der Waals surface area contributed by atoms with Crippen molar-refractivity contribution in [2.45, 2.75) is 13.5 Å². The van der Waals surface area contributed by atoms with Crippen molar-refractivity contribution in [2.75, 3.05) is 17.7 Å². The zero-order chi connectivity index (χ0) is 23.9. The first kappa shape index (κ1) is 22.5. The number of nitrogens with two attached hydrogens (primary N) is 1. The maximum Gasteiger partial charge on any atom is 0.338 e. The third kappa shape index (κ3) is 5.04. The molecule has 1 aromatic heterocycles. The van der Waals surface area contributed by atoms with Crippen LogP contribution in [0.1, 0.15) is 22.8 Å². The second kappa shape index (κ2) is 10.3. The number of esters is 1. The first-order valence-electron chi connectivity index (χ1n) is 10.6. The summed E-state index contributed by atoms with van der Waals surface area (Å²) in [5.74, 6) is 0.403. The Kier molecular flexibility index (Phi) is 6.83. The molecule has 0 fully saturated rings. The van der Waals surface area contributed by atoms with Crippen molar-refractivity contribution >= 4 is 52.4 Å². The van der Waals surface area contributed by atoms with Crippen LogP contribution in [0.25, 0.3) is 10.8 Å². The van der Waals surface area contributed by atoms with Gasteiger partial charge in [-0.25, -0.2) is 19.8 Å². The molecule has 0 aliphatic rings. The molecule has 34 heavy (non-hydrogen) atoms. The molecule has 3 N–H and O–H groups in total. The van der Waals surface area contributed by atoms with Gasteiger partial charge in [0.15, 0.2) is 17.5 Å². The van der Waals surface area contributed by atoms with Crippen LogP contribution in [0.4, 0.5) is 29.0 Å². The fourth-order valence-corrected chi connectivity index (χ4v) is 3.35. The molecular formula is C25H23N7O2. The number of nitrogens with zero attached hydrogens (tertiary/aromatic N) is 5. The highest BCUT2D eigenvalue weighted by atomic mass is 16.5. The summed E-state index contributed by atoms with van der Waals surface area (Å²) in [6.45, 7) is 5.91. The molecular weight excluding hydrogens is 430 g/mol. The van der Waals surface area contributed by atoms with Gasteiger partial charge in [0.05, 0.1) is 18.7 Å². The lowest BCUT2D eigenvalue weighted by Crippen LogP contribution is -2.05. The number of ether oxygens (including phenoxy) is 1. The van der Waals surface area contributed by atoms with Gasteiger partial charge in [-0.1, -0.05) is 42.5 Å². The quantitative estimate of drug-likeness (QED) is 0.199. The van der Waals surface area contributed by atoms with Gasteiger partial charge in [0, 0.05) is 5.69 Å². The van der Waals surface area contributed by atoms with E-state index >= 15 is 0 Å². The van der Waals surface area contributed by atoms with E-state index in [0.29, 0.717) is 30.2 Å². The third-order valence-electron chi connectivity index (χ3n) is 4.98. The molecule has 0 unspecified atom stereocenters. The fourth-order valence-electron chi connectivity index (χ4n) is 3.35. The summed E-state index contributed by atoms with van der Waals surface area (Å²) in [6, 6.07) is 20.9. The maximum absolute atomic E-state index is 11.9. The number of aliphatic imine (C=N–C) groups is 1. The number of hydrogen-bond acceptors (Lipinski definition) is 9. The average molecular weight is 454 g/mol. The summed E-state index contributed by atoms with van der Waals surface area (Å²) in [5, 5.41) is 14.0. The minimum absolute atomic E-state index is 0.105. The number of carbonyl (C=O) groups excluding carboxylic acids is 1. The SMILES string of the molecule is C=Nc1nc(N=NCc2cccc3ccccc23)c(Nc2ccc(C(=O)OCC)cc2)nc1N. The number of anilines is 3. The van der Waals surface area contributed by atoms with E-state index in [0.717, 1.165) is 16.3 Å². The van der Waals surface area contributed by atoms with E-state index in [4.69, 9.17) is 10.5 Å². The number of nitrogen functional groups attached to an aromatic ring is 1. The maximum atomic E-state index is 11.9. The van der Waals surface area contributed by atoms with E-state index in [1.54, 1.807) is 31.2 Å². The minimum atomic E-state index is -0.387. The second-order valence-corrected chi connectivity index (χ2v) is 7.22. The Morgan fingerprint density at radius 3 is 2.56 bits per heavy atom. The molecule has 0 aliphatic heterocycles. The van der Waals surface area contributed by atoms with Crippen molar-refractivity contribution in [1.29, 1.82) is 0 Å². The van der Waals surface area contributed by atoms with E-state index < -0.39 is 0 Å². The fraction of sp³-hybridized carbons (Fsp3) is 0.120. The minimum Gasteiger partial charge on any atom is -0.462 e. The Hall–Kier alpha value is -4.66. The van der Waals surface area contributed by atoms with Gasteiger partial charge in [0.1, 0.15) is 0 Å². The van der Waals surface area contributed by atoms with E-state index in [1.807, 2.05) is 24.3 Å². The molecule has 0 amide bonds. The molecule has 170 valence electrons. The zero-order valence-corrected chi connectivity index (χ0v) is 18.6. The molecule has 0 aliphatic carbocycles.